The van der Waals surface area contributed by atoms with Crippen LogP contribution in [0, 0.1) is 11.8 Å². The van der Waals surface area contributed by atoms with E-state index in [9.17, 15) is 19.6 Å². The van der Waals surface area contributed by atoms with Crippen LogP contribution < -0.4 is 10.6 Å². The quantitative estimate of drug-likeness (QED) is 0.227. The molecule has 1 heterocycles. The van der Waals surface area contributed by atoms with E-state index in [0.717, 1.165) is 36.3 Å². The summed E-state index contributed by atoms with van der Waals surface area (Å²) in [5.74, 6) is -0.799. The Kier molecular flexibility index (Phi) is 11.4. The van der Waals surface area contributed by atoms with Crippen molar-refractivity contribution in [2.75, 3.05) is 6.54 Å². The second kappa shape index (κ2) is 14.8. The number of nitrogens with one attached hydrogen (secondary N) is 2. The molecule has 1 saturated heterocycles. The van der Waals surface area contributed by atoms with Gasteiger partial charge in [0.05, 0.1) is 6.04 Å². The van der Waals surface area contributed by atoms with Gasteiger partial charge in [-0.1, -0.05) is 99.5 Å². The topological polar surface area (TPSA) is 108 Å². The standard InChI is InChI=1S/C33H43Cl2N3O5/c1-21(18-23-16-17-38(42)31(23)40)36-30(39)28(19-22-10-5-4-6-11-22)43-32(41)37-29(26-14-7-8-15-27(26)35)33(2,3)24-12-9-13-25(34)20-24/h7-9,12-15,20-23,28-29,42H,4-6,10-11,16-19H2,1-3H3,(H,36,39)(H,37,41)/t21-,23-,28-,29?/m0/s1. The maximum absolute atomic E-state index is 13.6. The van der Waals surface area contributed by atoms with E-state index in [1.807, 2.05) is 57.2 Å². The Bertz CT molecular complexity index is 1280. The van der Waals surface area contributed by atoms with Crippen molar-refractivity contribution >= 4 is 41.1 Å². The third-order valence-electron chi connectivity index (χ3n) is 8.90. The van der Waals surface area contributed by atoms with E-state index in [0.29, 0.717) is 34.9 Å². The first-order chi connectivity index (χ1) is 20.5. The summed E-state index contributed by atoms with van der Waals surface area (Å²) in [6, 6.07) is 13.9. The summed E-state index contributed by atoms with van der Waals surface area (Å²) in [7, 11) is 0. The number of ether oxygens (including phenoxy) is 1. The highest BCUT2D eigenvalue weighted by atomic mass is 35.5. The fourth-order valence-corrected chi connectivity index (χ4v) is 6.83. The van der Waals surface area contributed by atoms with E-state index < -0.39 is 23.7 Å². The van der Waals surface area contributed by atoms with Crippen molar-refractivity contribution < 1.29 is 24.3 Å². The molecule has 2 aromatic rings. The molecule has 2 fully saturated rings. The number of carbonyl (C=O) groups excluding carboxylic acids is 3. The monoisotopic (exact) mass is 631 g/mol. The fraction of sp³-hybridized carbons (Fsp3) is 0.545. The van der Waals surface area contributed by atoms with Gasteiger partial charge in [0.15, 0.2) is 6.10 Å². The van der Waals surface area contributed by atoms with Gasteiger partial charge < -0.3 is 15.4 Å². The first kappa shape index (κ1) is 33.1. The van der Waals surface area contributed by atoms with Crippen molar-refractivity contribution in [3.05, 3.63) is 69.7 Å². The molecule has 0 radical (unpaired) electrons. The lowest BCUT2D eigenvalue weighted by Gasteiger charge is -2.36. The number of amides is 3. The Morgan fingerprint density at radius 2 is 1.74 bits per heavy atom. The van der Waals surface area contributed by atoms with Crippen LogP contribution >= 0.6 is 23.2 Å². The van der Waals surface area contributed by atoms with E-state index in [-0.39, 0.29) is 36.2 Å². The summed E-state index contributed by atoms with van der Waals surface area (Å²) < 4.78 is 5.92. The molecular formula is C33H43Cl2N3O5. The summed E-state index contributed by atoms with van der Waals surface area (Å²) in [4.78, 5) is 39.4. The van der Waals surface area contributed by atoms with Crippen LogP contribution in [0.15, 0.2) is 48.5 Å². The lowest BCUT2D eigenvalue weighted by molar-refractivity contribution is -0.160. The smallest absolute Gasteiger partial charge is 0.408 e. The molecule has 0 bridgehead atoms. The maximum Gasteiger partial charge on any atom is 0.408 e. The van der Waals surface area contributed by atoms with Crippen molar-refractivity contribution in [1.29, 1.82) is 0 Å². The third kappa shape index (κ3) is 8.64. The zero-order valence-corrected chi connectivity index (χ0v) is 26.7. The lowest BCUT2D eigenvalue weighted by Crippen LogP contribution is -2.47. The number of alkyl carbamates (subject to hydrolysis) is 1. The summed E-state index contributed by atoms with van der Waals surface area (Å²) in [5, 5.41) is 17.5. The Balaban J connectivity index is 1.52. The molecule has 43 heavy (non-hydrogen) atoms. The Morgan fingerprint density at radius 1 is 1.02 bits per heavy atom. The summed E-state index contributed by atoms with van der Waals surface area (Å²) in [5.41, 5.74) is 0.962. The average Bonchev–Trinajstić information content (AvgIpc) is 3.28. The van der Waals surface area contributed by atoms with Crippen molar-refractivity contribution in [3.8, 4) is 0 Å². The molecule has 10 heteroatoms. The first-order valence-electron chi connectivity index (χ1n) is 15.2. The second-order valence-corrected chi connectivity index (χ2v) is 13.4. The molecule has 2 aliphatic rings. The molecule has 2 aromatic carbocycles. The number of benzene rings is 2. The number of hydrogen-bond acceptors (Lipinski definition) is 5. The number of halogens is 2. The van der Waals surface area contributed by atoms with E-state index in [1.165, 1.54) is 6.42 Å². The molecule has 4 rings (SSSR count). The molecule has 1 aliphatic carbocycles. The van der Waals surface area contributed by atoms with Crippen LogP contribution in [0.1, 0.15) is 89.3 Å². The summed E-state index contributed by atoms with van der Waals surface area (Å²) in [6.45, 7) is 6.11. The minimum Gasteiger partial charge on any atom is -0.436 e. The Morgan fingerprint density at radius 3 is 2.40 bits per heavy atom. The lowest BCUT2D eigenvalue weighted by atomic mass is 9.75. The van der Waals surface area contributed by atoms with Gasteiger partial charge in [-0.25, -0.2) is 9.86 Å². The van der Waals surface area contributed by atoms with Gasteiger partial charge in [0.25, 0.3) is 5.91 Å². The number of carbonyl (C=O) groups is 3. The summed E-state index contributed by atoms with van der Waals surface area (Å²) in [6.07, 6.45) is 4.95. The van der Waals surface area contributed by atoms with Crippen molar-refractivity contribution in [3.63, 3.8) is 0 Å². The highest BCUT2D eigenvalue weighted by molar-refractivity contribution is 6.31. The van der Waals surface area contributed by atoms with Gasteiger partial charge in [0.1, 0.15) is 0 Å². The minimum absolute atomic E-state index is 0.272. The maximum atomic E-state index is 13.6. The number of rotatable bonds is 11. The van der Waals surface area contributed by atoms with Gasteiger partial charge in [-0.3, -0.25) is 14.8 Å². The SMILES string of the molecule is C[C@@H](C[C@@H]1CCN(O)C1=O)NC(=O)[C@H](CC1CCCCC1)OC(=O)NC(c1ccccc1Cl)C(C)(C)c1cccc(Cl)c1. The minimum atomic E-state index is -1.000. The third-order valence-corrected chi connectivity index (χ3v) is 9.48. The largest absolute Gasteiger partial charge is 0.436 e. The molecule has 1 aliphatic heterocycles. The number of hydroxylamine groups is 2. The predicted molar refractivity (Wildman–Crippen MR) is 167 cm³/mol. The number of hydrogen-bond donors (Lipinski definition) is 3. The van der Waals surface area contributed by atoms with Gasteiger partial charge >= 0.3 is 6.09 Å². The van der Waals surface area contributed by atoms with E-state index >= 15 is 0 Å². The molecular weight excluding hydrogens is 589 g/mol. The Labute approximate surface area is 264 Å². The molecule has 1 unspecified atom stereocenters. The van der Waals surface area contributed by atoms with Gasteiger partial charge in [-0.05, 0) is 61.4 Å². The van der Waals surface area contributed by atoms with E-state index in [2.05, 4.69) is 10.6 Å². The average molecular weight is 633 g/mol. The highest BCUT2D eigenvalue weighted by Crippen LogP contribution is 2.40. The van der Waals surface area contributed by atoms with Crippen LogP contribution in [0.25, 0.3) is 0 Å². The molecule has 3 N–H and O–H groups in total. The molecule has 0 aromatic heterocycles. The highest BCUT2D eigenvalue weighted by Gasteiger charge is 2.38. The Hall–Kier alpha value is -2.81. The molecule has 3 amide bonds. The first-order valence-corrected chi connectivity index (χ1v) is 16.0. The van der Waals surface area contributed by atoms with Crippen molar-refractivity contribution in [2.24, 2.45) is 11.8 Å². The van der Waals surface area contributed by atoms with Crippen molar-refractivity contribution in [2.45, 2.75) is 95.7 Å². The fourth-order valence-electron chi connectivity index (χ4n) is 6.39. The van der Waals surface area contributed by atoms with Crippen LogP contribution in [0.3, 0.4) is 0 Å². The molecule has 8 nitrogen and oxygen atoms in total. The predicted octanol–water partition coefficient (Wildman–Crippen LogP) is 7.21. The van der Waals surface area contributed by atoms with Crippen LogP contribution in [0.4, 0.5) is 4.79 Å². The van der Waals surface area contributed by atoms with E-state index in [1.54, 1.807) is 12.1 Å². The zero-order chi connectivity index (χ0) is 31.1. The van der Waals surface area contributed by atoms with Crippen LogP contribution in [-0.2, 0) is 19.7 Å². The van der Waals surface area contributed by atoms with Gasteiger partial charge in [-0.2, -0.15) is 0 Å². The van der Waals surface area contributed by atoms with Crippen molar-refractivity contribution in [1.82, 2.24) is 15.7 Å². The summed E-state index contributed by atoms with van der Waals surface area (Å²) >= 11 is 13.0. The second-order valence-electron chi connectivity index (χ2n) is 12.6. The molecule has 4 atom stereocenters. The van der Waals surface area contributed by atoms with Crippen LogP contribution in [0.2, 0.25) is 10.0 Å². The zero-order valence-electron chi connectivity index (χ0n) is 25.2. The van der Waals surface area contributed by atoms with Gasteiger partial charge in [-0.15, -0.1) is 0 Å². The van der Waals surface area contributed by atoms with Crippen LogP contribution in [-0.4, -0.2) is 46.9 Å². The van der Waals surface area contributed by atoms with E-state index in [4.69, 9.17) is 27.9 Å². The normalized spacial score (nSPS) is 19.9. The molecule has 234 valence electrons. The number of nitrogens with zero attached hydrogens (tertiary/aromatic N) is 1. The molecule has 1 saturated carbocycles. The van der Waals surface area contributed by atoms with Gasteiger partial charge in [0, 0.05) is 34.0 Å². The molecule has 0 spiro atoms. The van der Waals surface area contributed by atoms with Crippen LogP contribution in [0.5, 0.6) is 0 Å². The van der Waals surface area contributed by atoms with Gasteiger partial charge in [0.2, 0.25) is 5.91 Å².